The third-order valence-electron chi connectivity index (χ3n) is 2.09. The van der Waals surface area contributed by atoms with Crippen molar-refractivity contribution < 1.29 is 27.5 Å². The lowest BCUT2D eigenvalue weighted by molar-refractivity contribution is -0.0510. The van der Waals surface area contributed by atoms with Gasteiger partial charge in [0.05, 0.1) is 1.37 Å². The summed E-state index contributed by atoms with van der Waals surface area (Å²) in [6, 6.07) is 18.2. The number of rotatable bonds is 1. The van der Waals surface area contributed by atoms with Gasteiger partial charge >= 0.3 is 15.6 Å². The second-order valence-corrected chi connectivity index (χ2v) is 4.98. The van der Waals surface area contributed by atoms with Crippen LogP contribution < -0.4 is 0 Å². The minimum atomic E-state index is -5.84. The summed E-state index contributed by atoms with van der Waals surface area (Å²) in [4.78, 5) is 0. The Kier molecular flexibility index (Phi) is 7.12. The molecule has 21 heavy (non-hydrogen) atoms. The summed E-state index contributed by atoms with van der Waals surface area (Å²) in [5.41, 5.74) is -3.44. The van der Waals surface area contributed by atoms with E-state index in [-0.39, 0.29) is 24.0 Å². The van der Waals surface area contributed by atoms with Crippen LogP contribution in [0.15, 0.2) is 60.6 Å². The molecule has 2 aromatic rings. The van der Waals surface area contributed by atoms with Crippen LogP contribution in [0.4, 0.5) is 13.2 Å². The first kappa shape index (κ1) is 17.9. The van der Waals surface area contributed by atoms with E-state index < -0.39 is 15.6 Å². The van der Waals surface area contributed by atoms with Gasteiger partial charge in [0, 0.05) is 0 Å². The van der Waals surface area contributed by atoms with E-state index in [9.17, 15) is 13.2 Å². The highest BCUT2D eigenvalue weighted by Crippen LogP contribution is 2.20. The van der Waals surface area contributed by atoms with Gasteiger partial charge in [0.25, 0.3) is 0 Å². The van der Waals surface area contributed by atoms with Gasteiger partial charge in [0.1, 0.15) is 0 Å². The van der Waals surface area contributed by atoms with E-state index in [1.165, 1.54) is 0 Å². The average Bonchev–Trinajstić information content (AvgIpc) is 2.39. The van der Waals surface area contributed by atoms with Gasteiger partial charge in [-0.1, -0.05) is 60.6 Å². The molecule has 8 heteroatoms. The number of hydrogen-bond donors (Lipinski definition) is 1. The van der Waals surface area contributed by atoms with Gasteiger partial charge < -0.3 is 0 Å². The van der Waals surface area contributed by atoms with E-state index in [2.05, 4.69) is 0 Å². The largest absolute Gasteiger partial charge is 0.522 e. The molecule has 0 aliphatic rings. The molecule has 0 aliphatic heterocycles. The first-order chi connectivity index (χ1) is 9.63. The Morgan fingerprint density at radius 3 is 1.67 bits per heavy atom. The van der Waals surface area contributed by atoms with Gasteiger partial charge in [-0.05, 0) is 11.1 Å². The second-order valence-electron chi connectivity index (χ2n) is 3.56. The summed E-state index contributed by atoms with van der Waals surface area (Å²) in [6.07, 6.45) is 0. The summed E-state index contributed by atoms with van der Waals surface area (Å²) in [7, 11) is -5.84. The maximum absolute atomic E-state index is 10.7. The fourth-order valence-corrected chi connectivity index (χ4v) is 1.19. The molecule has 3 nitrogen and oxygen atoms in total. The molecule has 0 heterocycles. The van der Waals surface area contributed by atoms with Gasteiger partial charge in [-0.3, -0.25) is 4.55 Å². The summed E-state index contributed by atoms with van der Waals surface area (Å²) < 4.78 is 65.2. The number of hydrogen-bond acceptors (Lipinski definition) is 2. The van der Waals surface area contributed by atoms with Gasteiger partial charge in [0.2, 0.25) is 0 Å². The first-order valence-electron chi connectivity index (χ1n) is 5.78. The minimum absolute atomic E-state index is 0. The van der Waals surface area contributed by atoms with Crippen molar-refractivity contribution in [2.24, 2.45) is 0 Å². The van der Waals surface area contributed by atoms with E-state index in [4.69, 9.17) is 14.3 Å². The lowest BCUT2D eigenvalue weighted by Crippen LogP contribution is -2.21. The van der Waals surface area contributed by atoms with Crippen molar-refractivity contribution in [1.29, 1.82) is 0 Å². The van der Waals surface area contributed by atoms with Gasteiger partial charge in [-0.15, -0.1) is 24.0 Å². The van der Waals surface area contributed by atoms with Crippen LogP contribution in [0.1, 0.15) is 1.37 Å². The zero-order valence-corrected chi connectivity index (χ0v) is 13.6. The van der Waals surface area contributed by atoms with Crippen molar-refractivity contribution >= 4 is 34.1 Å². The van der Waals surface area contributed by atoms with Crippen molar-refractivity contribution in [1.82, 2.24) is 0 Å². The normalized spacial score (nSPS) is 11.5. The Morgan fingerprint density at radius 2 is 1.29 bits per heavy atom. The Labute approximate surface area is 139 Å². The fourth-order valence-electron chi connectivity index (χ4n) is 1.19. The molecule has 0 saturated carbocycles. The highest BCUT2D eigenvalue weighted by molar-refractivity contribution is 14.0. The number of alkyl halides is 3. The van der Waals surface area contributed by atoms with E-state index in [0.717, 1.165) is 11.1 Å². The maximum atomic E-state index is 10.7. The van der Waals surface area contributed by atoms with Crippen molar-refractivity contribution in [3.05, 3.63) is 60.6 Å². The summed E-state index contributed by atoms with van der Waals surface area (Å²) in [5.74, 6) is 0. The Hall–Kier alpha value is -1.13. The zero-order chi connectivity index (χ0) is 16.1. The van der Waals surface area contributed by atoms with Crippen LogP contribution >= 0.6 is 24.0 Å². The fraction of sp³-hybridized carbons (Fsp3) is 0.0769. The topological polar surface area (TPSA) is 54.4 Å². The molecule has 2 aromatic carbocycles. The Morgan fingerprint density at radius 1 is 0.905 bits per heavy atom. The third-order valence-corrected chi connectivity index (χ3v) is 2.67. The molecule has 1 N–H and O–H groups in total. The molecule has 0 aromatic heterocycles. The zero-order valence-electron chi connectivity index (χ0n) is 11.4. The molecular formula is C13H12F3IO3S. The molecule has 0 fully saturated rings. The first-order valence-corrected chi connectivity index (χ1v) is 6.72. The standard InChI is InChI=1S/C12H10.CHF3O3S.HI/c1-3-7-11(8-4-1)12-9-5-2-6-10-12;2-1(3,4)8(5,6)7;/h1-10H;(H,5,6,7);1H/i7D;;. The molecule has 0 amide bonds. The Bertz CT molecular complexity index is 691. The van der Waals surface area contributed by atoms with Crippen molar-refractivity contribution in [2.45, 2.75) is 5.51 Å². The van der Waals surface area contributed by atoms with E-state index >= 15 is 0 Å². The minimum Gasteiger partial charge on any atom is -0.279 e. The molecule has 2 rings (SSSR count). The molecule has 116 valence electrons. The summed E-state index contributed by atoms with van der Waals surface area (Å²) in [5, 5.41) is 0. The third kappa shape index (κ3) is 6.91. The molecule has 0 unspecified atom stereocenters. The molecule has 0 bridgehead atoms. The van der Waals surface area contributed by atoms with E-state index in [1.807, 2.05) is 54.6 Å². The monoisotopic (exact) mass is 433 g/mol. The van der Waals surface area contributed by atoms with Crippen molar-refractivity contribution in [2.75, 3.05) is 0 Å². The van der Waals surface area contributed by atoms with Crippen LogP contribution in [-0.2, 0) is 10.1 Å². The van der Waals surface area contributed by atoms with Crippen molar-refractivity contribution in [3.8, 4) is 11.1 Å². The second kappa shape index (κ2) is 8.35. The van der Waals surface area contributed by atoms with Crippen molar-refractivity contribution in [3.63, 3.8) is 0 Å². The number of halogens is 4. The quantitative estimate of drug-likeness (QED) is 0.413. The SMILES string of the molecule is I.O=S(=O)(O)C(F)(F)F.[2H]c1ccccc1-c1ccccc1. The summed E-state index contributed by atoms with van der Waals surface area (Å²) in [6.45, 7) is 0. The van der Waals surface area contributed by atoms with Crippen LogP contribution in [0.3, 0.4) is 0 Å². The predicted octanol–water partition coefficient (Wildman–Crippen LogP) is 4.37. The van der Waals surface area contributed by atoms with Gasteiger partial charge in [-0.25, -0.2) is 0 Å². The average molecular weight is 433 g/mol. The van der Waals surface area contributed by atoms with Crippen LogP contribution in [-0.4, -0.2) is 18.5 Å². The lowest BCUT2D eigenvalue weighted by atomic mass is 10.1. The van der Waals surface area contributed by atoms with Gasteiger partial charge in [0.15, 0.2) is 0 Å². The smallest absolute Gasteiger partial charge is 0.279 e. The van der Waals surface area contributed by atoms with Crippen LogP contribution in [0.25, 0.3) is 11.1 Å². The van der Waals surface area contributed by atoms with E-state index in [1.54, 1.807) is 0 Å². The molecule has 0 aliphatic carbocycles. The maximum Gasteiger partial charge on any atom is 0.522 e. The van der Waals surface area contributed by atoms with Crippen LogP contribution in [0.2, 0.25) is 0 Å². The molecule has 0 saturated heterocycles. The van der Waals surface area contributed by atoms with Crippen LogP contribution in [0.5, 0.6) is 0 Å². The molecule has 0 radical (unpaired) electrons. The Balaban J connectivity index is 0.000000432. The number of benzene rings is 2. The molecular weight excluding hydrogens is 420 g/mol. The van der Waals surface area contributed by atoms with Crippen LogP contribution in [0, 0.1) is 0 Å². The highest BCUT2D eigenvalue weighted by Gasteiger charge is 2.44. The molecule has 0 atom stereocenters. The predicted molar refractivity (Wildman–Crippen MR) is 84.9 cm³/mol. The lowest BCUT2D eigenvalue weighted by Gasteiger charge is -1.98. The van der Waals surface area contributed by atoms with Gasteiger partial charge in [-0.2, -0.15) is 21.6 Å². The highest BCUT2D eigenvalue weighted by atomic mass is 127. The molecule has 0 spiro atoms. The summed E-state index contributed by atoms with van der Waals surface area (Å²) >= 11 is 0. The van der Waals surface area contributed by atoms with E-state index in [0.29, 0.717) is 6.04 Å².